The van der Waals surface area contributed by atoms with Crippen LogP contribution in [0.5, 0.6) is 0 Å². The minimum Gasteiger partial charge on any atom is -0.355 e. The number of benzene rings is 1. The molecule has 1 aromatic carbocycles. The van der Waals surface area contributed by atoms with Crippen LogP contribution in [0, 0.1) is 10.1 Å². The van der Waals surface area contributed by atoms with Crippen LogP contribution in [0.15, 0.2) is 34.2 Å². The number of nitro groups is 1. The molecule has 0 aromatic heterocycles. The van der Waals surface area contributed by atoms with Gasteiger partial charge in [-0.3, -0.25) is 15.1 Å². The van der Waals surface area contributed by atoms with E-state index in [2.05, 4.69) is 33.8 Å². The summed E-state index contributed by atoms with van der Waals surface area (Å²) in [4.78, 5) is 16.5. The summed E-state index contributed by atoms with van der Waals surface area (Å²) >= 11 is 1.92. The Hall–Kier alpha value is -1.85. The zero-order valence-electron chi connectivity index (χ0n) is 15.6. The first-order chi connectivity index (χ1) is 12.6. The Morgan fingerprint density at radius 2 is 2.15 bits per heavy atom. The Kier molecular flexibility index (Phi) is 7.06. The molecule has 9 nitrogen and oxygen atoms in total. The highest BCUT2D eigenvalue weighted by Gasteiger charge is 2.28. The molecule has 27 heavy (non-hydrogen) atoms. The van der Waals surface area contributed by atoms with E-state index < -0.39 is 14.9 Å². The molecule has 0 radical (unpaired) electrons. The van der Waals surface area contributed by atoms with Crippen molar-refractivity contribution in [2.45, 2.75) is 23.5 Å². The average molecular weight is 416 g/mol. The third-order valence-electron chi connectivity index (χ3n) is 3.98. The molecule has 2 N–H and O–H groups in total. The molecule has 2 rings (SSSR count). The first-order valence-electron chi connectivity index (χ1n) is 8.48. The van der Waals surface area contributed by atoms with Gasteiger partial charge in [0.2, 0.25) is 10.0 Å². The smallest absolute Gasteiger partial charge is 0.270 e. The number of aliphatic imine (C=N–C) groups is 1. The van der Waals surface area contributed by atoms with Crippen LogP contribution in [0.25, 0.3) is 0 Å². The first-order valence-corrected chi connectivity index (χ1v) is 11.0. The standard InChI is InChI=1S/C16H25N5O4S2/c1-16(2)12-20(9-10-26-16)15(17-3)18-7-8-19-27(24,25)14-6-4-5-13(11-14)21(22)23/h4-6,11,19H,7-10,12H2,1-3H3,(H,17,18). The topological polar surface area (TPSA) is 117 Å². The summed E-state index contributed by atoms with van der Waals surface area (Å²) < 4.78 is 27.2. The molecular weight excluding hydrogens is 390 g/mol. The highest BCUT2D eigenvalue weighted by Crippen LogP contribution is 2.29. The van der Waals surface area contributed by atoms with Crippen LogP contribution in [-0.4, -0.2) is 67.9 Å². The van der Waals surface area contributed by atoms with E-state index in [1.54, 1.807) is 7.05 Å². The maximum Gasteiger partial charge on any atom is 0.270 e. The maximum absolute atomic E-state index is 12.3. The lowest BCUT2D eigenvalue weighted by Gasteiger charge is -2.39. The van der Waals surface area contributed by atoms with Gasteiger partial charge in [0.15, 0.2) is 5.96 Å². The lowest BCUT2D eigenvalue weighted by atomic mass is 10.2. The summed E-state index contributed by atoms with van der Waals surface area (Å²) in [6, 6.07) is 4.98. The molecule has 0 spiro atoms. The number of nitrogens with zero attached hydrogens (tertiary/aromatic N) is 3. The van der Waals surface area contributed by atoms with Crippen molar-refractivity contribution < 1.29 is 13.3 Å². The van der Waals surface area contributed by atoms with Gasteiger partial charge in [-0.2, -0.15) is 11.8 Å². The Balaban J connectivity index is 1.89. The van der Waals surface area contributed by atoms with Crippen molar-refractivity contribution in [1.29, 1.82) is 0 Å². The van der Waals surface area contributed by atoms with E-state index in [9.17, 15) is 18.5 Å². The molecule has 1 fully saturated rings. The quantitative estimate of drug-likeness (QED) is 0.236. The number of nitro benzene ring substituents is 1. The van der Waals surface area contributed by atoms with Crippen LogP contribution in [0.3, 0.4) is 0 Å². The number of thioether (sulfide) groups is 1. The van der Waals surface area contributed by atoms with Crippen LogP contribution >= 0.6 is 11.8 Å². The fourth-order valence-electron chi connectivity index (χ4n) is 2.74. The van der Waals surface area contributed by atoms with Crippen LogP contribution in [0.2, 0.25) is 0 Å². The number of rotatable bonds is 6. The largest absolute Gasteiger partial charge is 0.355 e. The predicted octanol–water partition coefficient (Wildman–Crippen LogP) is 1.28. The van der Waals surface area contributed by atoms with Crippen molar-refractivity contribution in [3.05, 3.63) is 34.4 Å². The molecule has 0 bridgehead atoms. The molecule has 1 aliphatic heterocycles. The highest BCUT2D eigenvalue weighted by molar-refractivity contribution is 8.00. The van der Waals surface area contributed by atoms with E-state index in [4.69, 9.17) is 0 Å². The Labute approximate surface area is 163 Å². The Morgan fingerprint density at radius 1 is 1.41 bits per heavy atom. The van der Waals surface area contributed by atoms with Gasteiger partial charge in [0.05, 0.1) is 9.82 Å². The number of hydrogen-bond donors (Lipinski definition) is 2. The van der Waals surface area contributed by atoms with Gasteiger partial charge in [-0.1, -0.05) is 6.07 Å². The Bertz CT molecular complexity index is 811. The number of non-ortho nitro benzene ring substituents is 1. The van der Waals surface area contributed by atoms with Crippen LogP contribution < -0.4 is 10.0 Å². The Morgan fingerprint density at radius 3 is 2.78 bits per heavy atom. The van der Waals surface area contributed by atoms with Crippen molar-refractivity contribution in [3.63, 3.8) is 0 Å². The monoisotopic (exact) mass is 415 g/mol. The van der Waals surface area contributed by atoms with E-state index in [0.717, 1.165) is 30.9 Å². The molecule has 0 saturated carbocycles. The van der Waals surface area contributed by atoms with Crippen molar-refractivity contribution >= 4 is 33.4 Å². The number of guanidine groups is 1. The summed E-state index contributed by atoms with van der Waals surface area (Å²) in [6.45, 7) is 6.60. The second-order valence-corrected chi connectivity index (χ2v) is 10.2. The van der Waals surface area contributed by atoms with Crippen molar-refractivity contribution in [2.24, 2.45) is 4.99 Å². The molecule has 0 aliphatic carbocycles. The van der Waals surface area contributed by atoms with E-state index >= 15 is 0 Å². The molecule has 0 atom stereocenters. The number of nitrogens with one attached hydrogen (secondary N) is 2. The van der Waals surface area contributed by atoms with Crippen LogP contribution in [0.4, 0.5) is 5.69 Å². The third kappa shape index (κ3) is 6.08. The van der Waals surface area contributed by atoms with E-state index in [1.165, 1.54) is 18.2 Å². The molecule has 0 unspecified atom stereocenters. The molecule has 1 heterocycles. The fraction of sp³-hybridized carbons (Fsp3) is 0.562. The minimum atomic E-state index is -3.82. The zero-order valence-corrected chi connectivity index (χ0v) is 17.3. The second-order valence-electron chi connectivity index (χ2n) is 6.66. The summed E-state index contributed by atoms with van der Waals surface area (Å²) in [7, 11) is -2.12. The van der Waals surface area contributed by atoms with Gasteiger partial charge < -0.3 is 10.2 Å². The van der Waals surface area contributed by atoms with Gasteiger partial charge in [0, 0.05) is 55.9 Å². The first kappa shape index (κ1) is 21.5. The highest BCUT2D eigenvalue weighted by atomic mass is 32.2. The fourth-order valence-corrected chi connectivity index (χ4v) is 4.92. The molecule has 0 amide bonds. The zero-order chi connectivity index (χ0) is 20.1. The van der Waals surface area contributed by atoms with Crippen molar-refractivity contribution in [3.8, 4) is 0 Å². The molecule has 11 heteroatoms. The van der Waals surface area contributed by atoms with Crippen molar-refractivity contribution in [1.82, 2.24) is 14.9 Å². The molecule has 150 valence electrons. The summed E-state index contributed by atoms with van der Waals surface area (Å²) in [6.07, 6.45) is 0. The molecule has 1 aliphatic rings. The average Bonchev–Trinajstić information content (AvgIpc) is 2.61. The molecule has 1 aromatic rings. The van der Waals surface area contributed by atoms with E-state index in [1.807, 2.05) is 11.8 Å². The van der Waals surface area contributed by atoms with Crippen LogP contribution in [-0.2, 0) is 10.0 Å². The number of hydrogen-bond acceptors (Lipinski definition) is 6. The molecule has 1 saturated heterocycles. The van der Waals surface area contributed by atoms with Gasteiger partial charge in [-0.15, -0.1) is 0 Å². The van der Waals surface area contributed by atoms with E-state index in [0.29, 0.717) is 6.54 Å². The third-order valence-corrected chi connectivity index (χ3v) is 6.73. The van der Waals surface area contributed by atoms with Gasteiger partial charge in [-0.25, -0.2) is 13.1 Å². The SMILES string of the molecule is CN=C(NCCNS(=O)(=O)c1cccc([N+](=O)[O-])c1)N1CCSC(C)(C)C1. The lowest BCUT2D eigenvalue weighted by Crippen LogP contribution is -2.51. The van der Waals surface area contributed by atoms with Gasteiger partial charge in [0.1, 0.15) is 0 Å². The normalized spacial score (nSPS) is 17.6. The van der Waals surface area contributed by atoms with Crippen LogP contribution in [0.1, 0.15) is 13.8 Å². The lowest BCUT2D eigenvalue weighted by molar-refractivity contribution is -0.385. The summed E-state index contributed by atoms with van der Waals surface area (Å²) in [5.74, 6) is 1.74. The summed E-state index contributed by atoms with van der Waals surface area (Å²) in [5.41, 5.74) is -0.262. The van der Waals surface area contributed by atoms with E-state index in [-0.39, 0.29) is 21.9 Å². The molecular formula is C16H25N5O4S2. The maximum atomic E-state index is 12.3. The summed E-state index contributed by atoms with van der Waals surface area (Å²) in [5, 5.41) is 14.0. The van der Waals surface area contributed by atoms with Gasteiger partial charge in [-0.05, 0) is 19.9 Å². The second kappa shape index (κ2) is 8.89. The minimum absolute atomic E-state index is 0.129. The predicted molar refractivity (Wildman–Crippen MR) is 108 cm³/mol. The van der Waals surface area contributed by atoms with Gasteiger partial charge >= 0.3 is 0 Å². The van der Waals surface area contributed by atoms with Crippen molar-refractivity contribution in [2.75, 3.05) is 39.0 Å². The van der Waals surface area contributed by atoms with Gasteiger partial charge in [0.25, 0.3) is 5.69 Å². The number of sulfonamides is 1.